The Labute approximate surface area is 476 Å². The fourth-order valence-electron chi connectivity index (χ4n) is 11.2. The molecular formula is C55H74N4O17S5. The van der Waals surface area contributed by atoms with Gasteiger partial charge < -0.3 is 20.4 Å². The second kappa shape index (κ2) is 26.1. The van der Waals surface area contributed by atoms with Crippen LogP contribution in [0.15, 0.2) is 104 Å². The maximum atomic E-state index is 12.8. The summed E-state index contributed by atoms with van der Waals surface area (Å²) in [5, 5.41) is 6.11. The number of unbranched alkanes of at least 4 members (excludes halogenated alkanes) is 8. The lowest BCUT2D eigenvalue weighted by Crippen LogP contribution is -2.40. The van der Waals surface area contributed by atoms with Crippen LogP contribution in [0.5, 0.6) is 0 Å². The third-order valence-corrected chi connectivity index (χ3v) is 19.2. The Morgan fingerprint density at radius 1 is 0.543 bits per heavy atom. The molecule has 1 atom stereocenters. The zero-order valence-electron chi connectivity index (χ0n) is 46.1. The van der Waals surface area contributed by atoms with Crippen LogP contribution in [0.2, 0.25) is 0 Å². The highest BCUT2D eigenvalue weighted by Crippen LogP contribution is 2.53. The van der Waals surface area contributed by atoms with Crippen LogP contribution in [0.4, 0.5) is 11.4 Å². The number of amides is 2. The quantitative estimate of drug-likeness (QED) is 0.0152. The van der Waals surface area contributed by atoms with Crippen molar-refractivity contribution in [2.45, 2.75) is 161 Å². The molecule has 4 aromatic carbocycles. The van der Waals surface area contributed by atoms with Gasteiger partial charge in [-0.2, -0.15) is 42.1 Å². The summed E-state index contributed by atoms with van der Waals surface area (Å²) in [6.45, 7) is 11.0. The van der Waals surface area contributed by atoms with Gasteiger partial charge in [-0.15, -0.1) is 0 Å². The SMILES string of the molecule is CCCCCCCNC(=O)CCCCCNC(=O)CCCCCN1/C(=C/C=C/C=C/C2N(CCCS(=O)(=O)O)c3ccc4c(S(=O)(=O)O)cc(S(=O)(=O)O)cc4c3C2(C)C)C(C)(C)c2c1ccc1c(S(=O)(=O)O)cc(S(=O)(=O)O)cc21. The van der Waals surface area contributed by atoms with Crippen LogP contribution in [-0.4, -0.2) is 115 Å². The summed E-state index contributed by atoms with van der Waals surface area (Å²) < 4.78 is 175. The molecule has 4 aromatic rings. The zero-order valence-corrected chi connectivity index (χ0v) is 50.2. The van der Waals surface area contributed by atoms with E-state index < -0.39 is 92.8 Å². The van der Waals surface area contributed by atoms with Gasteiger partial charge in [0.15, 0.2) is 0 Å². The van der Waals surface area contributed by atoms with Crippen molar-refractivity contribution in [2.24, 2.45) is 0 Å². The van der Waals surface area contributed by atoms with Crippen LogP contribution in [-0.2, 0) is 71.0 Å². The van der Waals surface area contributed by atoms with E-state index in [1.807, 2.05) is 29.7 Å². The minimum absolute atomic E-state index is 0.00826. The van der Waals surface area contributed by atoms with Crippen molar-refractivity contribution in [1.82, 2.24) is 10.6 Å². The van der Waals surface area contributed by atoms with E-state index in [1.54, 1.807) is 50.3 Å². The summed E-state index contributed by atoms with van der Waals surface area (Å²) in [5.74, 6) is -0.665. The number of nitrogens with one attached hydrogen (secondary N) is 2. The maximum absolute atomic E-state index is 12.8. The van der Waals surface area contributed by atoms with Gasteiger partial charge in [0.1, 0.15) is 9.79 Å². The number of fused-ring (bicyclic) bond motifs is 6. The van der Waals surface area contributed by atoms with Gasteiger partial charge >= 0.3 is 0 Å². The minimum Gasteiger partial charge on any atom is -0.364 e. The predicted octanol–water partition coefficient (Wildman–Crippen LogP) is 8.84. The Morgan fingerprint density at radius 3 is 1.54 bits per heavy atom. The van der Waals surface area contributed by atoms with Crippen LogP contribution < -0.4 is 20.4 Å². The average molecular weight is 1220 g/mol. The predicted molar refractivity (Wildman–Crippen MR) is 311 cm³/mol. The standard InChI is InChI=1S/C55H74N4O17S5/c1-6-7-8-9-17-29-56-50(60)23-15-11-18-30-57-51(61)24-16-12-19-31-58-44-27-25-40-42(34-38(78(65,66)67)36-46(40)80(71,72)73)52(44)54(2,3)48(58)21-13-10-14-22-49-55(4,5)53-43-35-39(79(68,69)70)37-47(81(74,75)76)41(43)26-28-45(53)59(49)32-20-33-77(62,63)64/h10,13-14,21-22,25-28,34-37,49H,6-9,11-12,15-20,23-24,29-33H2,1-5H3,(H,56,60)(H,57,61)(H,62,63,64)(H,65,66,67)(H,68,69,70)(H,71,72,73)(H,74,75,76)/b13-10+,22-14+,48-21+. The molecule has 2 aliphatic rings. The molecule has 2 aliphatic heterocycles. The second-order valence-electron chi connectivity index (χ2n) is 21.7. The van der Waals surface area contributed by atoms with Gasteiger partial charge in [0.25, 0.3) is 50.6 Å². The van der Waals surface area contributed by atoms with E-state index in [0.717, 1.165) is 44.2 Å². The third-order valence-electron chi connectivity index (χ3n) is 15.0. The van der Waals surface area contributed by atoms with Gasteiger partial charge in [-0.05, 0) is 103 Å². The normalized spacial score (nSPS) is 17.0. The van der Waals surface area contributed by atoms with Crippen molar-refractivity contribution in [3.63, 3.8) is 0 Å². The minimum atomic E-state index is -5.04. The molecule has 81 heavy (non-hydrogen) atoms. The molecule has 0 aromatic heterocycles. The van der Waals surface area contributed by atoms with Crippen molar-refractivity contribution in [1.29, 1.82) is 0 Å². The first-order valence-corrected chi connectivity index (χ1v) is 34.3. The van der Waals surface area contributed by atoms with Gasteiger partial charge in [-0.1, -0.05) is 110 Å². The fraction of sp³-hybridized carbons (Fsp3) is 0.491. The van der Waals surface area contributed by atoms with Crippen molar-refractivity contribution < 1.29 is 74.4 Å². The number of rotatable bonds is 29. The topological polar surface area (TPSA) is 337 Å². The molecule has 0 fully saturated rings. The van der Waals surface area contributed by atoms with E-state index in [1.165, 1.54) is 31.4 Å². The molecule has 0 spiro atoms. The van der Waals surface area contributed by atoms with Gasteiger partial charge in [-0.25, -0.2) is 0 Å². The molecular weight excluding hydrogens is 1150 g/mol. The van der Waals surface area contributed by atoms with E-state index in [0.29, 0.717) is 85.6 Å². The Balaban J connectivity index is 1.26. The second-order valence-corrected chi connectivity index (χ2v) is 28.9. The molecule has 21 nitrogen and oxygen atoms in total. The maximum Gasteiger partial charge on any atom is 0.295 e. The molecule has 0 radical (unpaired) electrons. The molecule has 6 rings (SSSR count). The summed E-state index contributed by atoms with van der Waals surface area (Å²) in [6.07, 6.45) is 19.0. The van der Waals surface area contributed by atoms with Crippen molar-refractivity contribution in [2.75, 3.05) is 41.7 Å². The van der Waals surface area contributed by atoms with Crippen LogP contribution in [0.25, 0.3) is 21.5 Å². The lowest BCUT2D eigenvalue weighted by atomic mass is 9.78. The molecule has 26 heteroatoms. The molecule has 0 saturated carbocycles. The number of hydrogen-bond donors (Lipinski definition) is 7. The Hall–Kier alpha value is -5.29. The fourth-order valence-corrected chi connectivity index (χ4v) is 14.3. The number of carbonyl (C=O) groups is 2. The third kappa shape index (κ3) is 16.1. The van der Waals surface area contributed by atoms with Crippen molar-refractivity contribution in [3.05, 3.63) is 95.7 Å². The van der Waals surface area contributed by atoms with E-state index in [4.69, 9.17) is 0 Å². The molecule has 2 amide bonds. The molecule has 1 unspecified atom stereocenters. The van der Waals surface area contributed by atoms with Crippen LogP contribution >= 0.6 is 0 Å². The summed E-state index contributed by atoms with van der Waals surface area (Å²) in [4.78, 5) is 25.8. The molecule has 0 aliphatic carbocycles. The van der Waals surface area contributed by atoms with Gasteiger partial charge in [0, 0.05) is 77.7 Å². The van der Waals surface area contributed by atoms with Crippen LogP contribution in [0.3, 0.4) is 0 Å². The molecule has 0 saturated heterocycles. The van der Waals surface area contributed by atoms with Crippen molar-refractivity contribution in [3.8, 4) is 0 Å². The van der Waals surface area contributed by atoms with Crippen molar-refractivity contribution >= 4 is 95.3 Å². The summed E-state index contributed by atoms with van der Waals surface area (Å²) >= 11 is 0. The Morgan fingerprint density at radius 2 is 1.04 bits per heavy atom. The highest BCUT2D eigenvalue weighted by atomic mass is 32.2. The van der Waals surface area contributed by atoms with Gasteiger partial charge in [-0.3, -0.25) is 32.4 Å². The summed E-state index contributed by atoms with van der Waals surface area (Å²) in [6, 6.07) is 8.98. The van der Waals surface area contributed by atoms with Gasteiger partial charge in [0.05, 0.1) is 21.6 Å². The number of allylic oxidation sites excluding steroid dienone is 5. The first-order chi connectivity index (χ1) is 37.7. The van der Waals surface area contributed by atoms with E-state index in [9.17, 15) is 74.4 Å². The van der Waals surface area contributed by atoms with Crippen LogP contribution in [0, 0.1) is 0 Å². The molecule has 446 valence electrons. The lowest BCUT2D eigenvalue weighted by Gasteiger charge is -2.32. The highest BCUT2D eigenvalue weighted by Gasteiger charge is 2.45. The van der Waals surface area contributed by atoms with Crippen LogP contribution in [0.1, 0.15) is 136 Å². The van der Waals surface area contributed by atoms with Gasteiger partial charge in [0.2, 0.25) is 11.8 Å². The first kappa shape index (κ1) is 64.9. The number of carbonyl (C=O) groups excluding carboxylic acids is 2. The summed E-state index contributed by atoms with van der Waals surface area (Å²) in [5.41, 5.74) is 0.599. The van der Waals surface area contributed by atoms with E-state index in [-0.39, 0.29) is 52.7 Å². The molecule has 2 heterocycles. The number of hydrogen-bond acceptors (Lipinski definition) is 14. The first-order valence-electron chi connectivity index (χ1n) is 26.9. The summed E-state index contributed by atoms with van der Waals surface area (Å²) in [7, 11) is -24.4. The highest BCUT2D eigenvalue weighted by molar-refractivity contribution is 7.87. The molecule has 0 bridgehead atoms. The lowest BCUT2D eigenvalue weighted by molar-refractivity contribution is -0.122. The molecule has 7 N–H and O–H groups in total. The smallest absolute Gasteiger partial charge is 0.295 e. The average Bonchev–Trinajstić information content (AvgIpc) is 3.78. The number of nitrogens with zero attached hydrogens (tertiary/aromatic N) is 2. The number of benzene rings is 4. The van der Waals surface area contributed by atoms with E-state index >= 15 is 0 Å². The number of anilines is 2. The van der Waals surface area contributed by atoms with E-state index in [2.05, 4.69) is 17.6 Å². The Kier molecular flexibility index (Phi) is 20.9. The zero-order chi connectivity index (χ0) is 59.9. The Bertz CT molecular complexity index is 3710. The largest absolute Gasteiger partial charge is 0.364 e. The monoisotopic (exact) mass is 1220 g/mol.